The number of hydrogen-bond acceptors (Lipinski definition) is 2. The number of hydrogen-bond donors (Lipinski definition) is 1. The van der Waals surface area contributed by atoms with Crippen molar-refractivity contribution in [1.82, 2.24) is 0 Å². The Hall–Kier alpha value is -0.600. The van der Waals surface area contributed by atoms with E-state index in [0.29, 0.717) is 17.3 Å². The van der Waals surface area contributed by atoms with Crippen molar-refractivity contribution in [2.75, 3.05) is 7.11 Å². The van der Waals surface area contributed by atoms with E-state index in [4.69, 9.17) is 4.74 Å². The molecule has 1 N–H and O–H groups in total. The van der Waals surface area contributed by atoms with Crippen LogP contribution in [0.15, 0.2) is 23.3 Å². The molecule has 4 aliphatic rings. The van der Waals surface area contributed by atoms with Gasteiger partial charge < -0.3 is 9.84 Å². The van der Waals surface area contributed by atoms with Gasteiger partial charge in [-0.25, -0.2) is 0 Å². The number of aliphatic hydroxyl groups is 1. The van der Waals surface area contributed by atoms with Crippen molar-refractivity contribution < 1.29 is 9.84 Å². The van der Waals surface area contributed by atoms with E-state index in [2.05, 4.69) is 48.1 Å². The summed E-state index contributed by atoms with van der Waals surface area (Å²) in [6.45, 7) is 19.2. The minimum absolute atomic E-state index is 0.212. The van der Waals surface area contributed by atoms with E-state index < -0.39 is 0 Å². The lowest BCUT2D eigenvalue weighted by molar-refractivity contribution is -0.0436. The lowest BCUT2D eigenvalue weighted by atomic mass is 9.47. The summed E-state index contributed by atoms with van der Waals surface area (Å²) in [5.41, 5.74) is 5.16. The Balaban J connectivity index is 1.61. The lowest BCUT2D eigenvalue weighted by Crippen LogP contribution is -2.53. The Morgan fingerprint density at radius 1 is 1.06 bits per heavy atom. The molecule has 2 nitrogen and oxygen atoms in total. The molecule has 0 aromatic heterocycles. The molecular weight excluding hydrogens is 404 g/mol. The Labute approximate surface area is 204 Å². The first-order valence-corrected chi connectivity index (χ1v) is 14.2. The first-order valence-electron chi connectivity index (χ1n) is 14.2. The Kier molecular flexibility index (Phi) is 7.30. The first-order chi connectivity index (χ1) is 15.6. The first kappa shape index (κ1) is 25.5. The summed E-state index contributed by atoms with van der Waals surface area (Å²) in [7, 11) is 1.91. The van der Waals surface area contributed by atoms with Gasteiger partial charge in [0.1, 0.15) is 0 Å². The number of allylic oxidation sites excluding steroid dienone is 1. The second kappa shape index (κ2) is 9.45. The van der Waals surface area contributed by atoms with Crippen LogP contribution in [0.1, 0.15) is 106 Å². The zero-order valence-electron chi connectivity index (χ0n) is 22.8. The van der Waals surface area contributed by atoms with Crippen LogP contribution in [0, 0.1) is 46.3 Å². The zero-order valence-corrected chi connectivity index (χ0v) is 22.8. The third kappa shape index (κ3) is 4.10. The van der Waals surface area contributed by atoms with Gasteiger partial charge in [-0.2, -0.15) is 0 Å². The maximum Gasteiger partial charge on any atom is 0.0792 e. The average Bonchev–Trinajstić information content (AvgIpc) is 3.13. The Morgan fingerprint density at radius 2 is 1.79 bits per heavy atom. The van der Waals surface area contributed by atoms with Crippen LogP contribution in [-0.4, -0.2) is 24.4 Å². The van der Waals surface area contributed by atoms with E-state index in [-0.39, 0.29) is 17.6 Å². The number of ether oxygens (including phenoxy) is 1. The molecule has 9 atom stereocenters. The molecule has 0 spiro atoms. The number of aliphatic hydroxyl groups excluding tert-OH is 1. The van der Waals surface area contributed by atoms with Crippen molar-refractivity contribution in [3.8, 4) is 0 Å². The van der Waals surface area contributed by atoms with Gasteiger partial charge in [0.2, 0.25) is 0 Å². The second-order valence-corrected chi connectivity index (χ2v) is 13.2. The maximum atomic E-state index is 10.6. The fourth-order valence-corrected chi connectivity index (χ4v) is 9.32. The van der Waals surface area contributed by atoms with Crippen LogP contribution >= 0.6 is 0 Å². The predicted octanol–water partition coefficient (Wildman–Crippen LogP) is 7.96. The average molecular weight is 457 g/mol. The minimum atomic E-state index is -0.321. The molecule has 0 aromatic rings. The van der Waals surface area contributed by atoms with Crippen LogP contribution in [0.4, 0.5) is 0 Å². The highest BCUT2D eigenvalue weighted by Gasteiger charge is 2.58. The normalized spacial score (nSPS) is 42.7. The van der Waals surface area contributed by atoms with E-state index in [9.17, 15) is 5.11 Å². The van der Waals surface area contributed by atoms with Gasteiger partial charge in [-0.3, -0.25) is 0 Å². The minimum Gasteiger partial charge on any atom is -0.389 e. The maximum absolute atomic E-state index is 10.6. The summed E-state index contributed by atoms with van der Waals surface area (Å²) in [6, 6.07) is 0. The summed E-state index contributed by atoms with van der Waals surface area (Å²) < 4.78 is 6.23. The monoisotopic (exact) mass is 456 g/mol. The standard InChI is InChI=1S/C31H52O2/c1-9-22(19(2)3)11-10-20(4)23-12-13-24-29-25(14-16-30(23,24)6)31(7)17-15-27(32)21(5)26(31)18-28(29)33-8/h19-20,22-23,25-28,32H,5,9-18H2,1-4,6-8H3/t20-,22+,23-,25?,26?,27+,28-,30-,31-/m1/s1. The quantitative estimate of drug-likeness (QED) is 0.394. The zero-order chi connectivity index (χ0) is 24.1. The number of methoxy groups -OCH3 is 1. The Bertz CT molecular complexity index is 765. The predicted molar refractivity (Wildman–Crippen MR) is 139 cm³/mol. The van der Waals surface area contributed by atoms with Crippen molar-refractivity contribution in [2.45, 2.75) is 118 Å². The van der Waals surface area contributed by atoms with Gasteiger partial charge >= 0.3 is 0 Å². The molecule has 2 unspecified atom stereocenters. The fraction of sp³-hybridized carbons (Fsp3) is 0.871. The molecular formula is C31H52O2. The molecule has 188 valence electrons. The van der Waals surface area contributed by atoms with Gasteiger partial charge in [-0.05, 0) is 109 Å². The lowest BCUT2D eigenvalue weighted by Gasteiger charge is -2.59. The second-order valence-electron chi connectivity index (χ2n) is 13.2. The fourth-order valence-electron chi connectivity index (χ4n) is 9.32. The van der Waals surface area contributed by atoms with Crippen LogP contribution < -0.4 is 0 Å². The van der Waals surface area contributed by atoms with E-state index >= 15 is 0 Å². The molecule has 0 heterocycles. The molecule has 0 bridgehead atoms. The summed E-state index contributed by atoms with van der Waals surface area (Å²) in [6.07, 6.45) is 12.3. The van der Waals surface area contributed by atoms with Crippen LogP contribution in [0.5, 0.6) is 0 Å². The summed E-state index contributed by atoms with van der Waals surface area (Å²) in [5.74, 6) is 4.29. The highest BCUT2D eigenvalue weighted by Crippen LogP contribution is 2.66. The third-order valence-electron chi connectivity index (χ3n) is 11.5. The van der Waals surface area contributed by atoms with Crippen molar-refractivity contribution >= 4 is 0 Å². The molecule has 0 saturated heterocycles. The molecule has 3 saturated carbocycles. The molecule has 2 heteroatoms. The van der Waals surface area contributed by atoms with E-state index in [1.807, 2.05) is 7.11 Å². The molecule has 0 aliphatic heterocycles. The van der Waals surface area contributed by atoms with Gasteiger partial charge in [0.15, 0.2) is 0 Å². The molecule has 4 rings (SSSR count). The van der Waals surface area contributed by atoms with Crippen molar-refractivity contribution in [2.24, 2.45) is 46.3 Å². The largest absolute Gasteiger partial charge is 0.389 e. The molecule has 0 amide bonds. The van der Waals surface area contributed by atoms with Crippen LogP contribution in [0.2, 0.25) is 0 Å². The van der Waals surface area contributed by atoms with Crippen LogP contribution in [-0.2, 0) is 4.74 Å². The van der Waals surface area contributed by atoms with Crippen LogP contribution in [0.25, 0.3) is 0 Å². The summed E-state index contributed by atoms with van der Waals surface area (Å²) in [4.78, 5) is 0. The van der Waals surface area contributed by atoms with Gasteiger partial charge in [0.05, 0.1) is 12.2 Å². The smallest absolute Gasteiger partial charge is 0.0792 e. The van der Waals surface area contributed by atoms with E-state index in [0.717, 1.165) is 48.5 Å². The molecule has 3 fully saturated rings. The van der Waals surface area contributed by atoms with Crippen molar-refractivity contribution in [3.63, 3.8) is 0 Å². The highest BCUT2D eigenvalue weighted by molar-refractivity contribution is 5.39. The number of rotatable bonds is 7. The van der Waals surface area contributed by atoms with Crippen molar-refractivity contribution in [1.29, 1.82) is 0 Å². The van der Waals surface area contributed by atoms with Gasteiger partial charge in [-0.1, -0.05) is 66.5 Å². The Morgan fingerprint density at radius 3 is 2.42 bits per heavy atom. The van der Waals surface area contributed by atoms with E-state index in [1.54, 1.807) is 11.1 Å². The van der Waals surface area contributed by atoms with Gasteiger partial charge in [0.25, 0.3) is 0 Å². The SMILES string of the molecule is C=C1C2C[C@@H](OC)C3=C4CC[C@H]([C@H](C)CC[C@H](CC)C(C)C)[C@@]4(C)CCC3[C@@]2(C)CC[C@@H]1O. The molecule has 33 heavy (non-hydrogen) atoms. The number of fused-ring (bicyclic) bond motifs is 4. The van der Waals surface area contributed by atoms with Crippen LogP contribution in [0.3, 0.4) is 0 Å². The van der Waals surface area contributed by atoms with Gasteiger partial charge in [-0.15, -0.1) is 0 Å². The molecule has 4 aliphatic carbocycles. The topological polar surface area (TPSA) is 29.5 Å². The van der Waals surface area contributed by atoms with Crippen molar-refractivity contribution in [3.05, 3.63) is 23.3 Å². The summed E-state index contributed by atoms with van der Waals surface area (Å²) in [5, 5.41) is 10.6. The van der Waals surface area contributed by atoms with Gasteiger partial charge in [0, 0.05) is 7.11 Å². The molecule has 0 radical (unpaired) electrons. The summed E-state index contributed by atoms with van der Waals surface area (Å²) >= 11 is 0. The van der Waals surface area contributed by atoms with E-state index in [1.165, 1.54) is 44.9 Å². The molecule has 0 aromatic carbocycles. The highest BCUT2D eigenvalue weighted by atomic mass is 16.5. The third-order valence-corrected chi connectivity index (χ3v) is 11.5.